The summed E-state index contributed by atoms with van der Waals surface area (Å²) in [5.41, 5.74) is 3.12. The van der Waals surface area contributed by atoms with Crippen molar-refractivity contribution < 1.29 is 14.4 Å². The third-order valence-electron chi connectivity index (χ3n) is 4.71. The molecule has 3 aromatic rings. The zero-order valence-corrected chi connectivity index (χ0v) is 15.9. The highest BCUT2D eigenvalue weighted by atomic mass is 16.6. The van der Waals surface area contributed by atoms with E-state index in [0.717, 1.165) is 24.2 Å². The molecule has 1 aliphatic rings. The van der Waals surface area contributed by atoms with Crippen LogP contribution in [0, 0.1) is 10.1 Å². The highest BCUT2D eigenvalue weighted by Gasteiger charge is 2.22. The van der Waals surface area contributed by atoms with Gasteiger partial charge in [-0.1, -0.05) is 24.3 Å². The molecule has 0 aliphatic carbocycles. The smallest absolute Gasteiger partial charge is 0.414 e. The molecule has 0 unspecified atom stereocenters. The Morgan fingerprint density at radius 1 is 1.14 bits per heavy atom. The van der Waals surface area contributed by atoms with E-state index in [2.05, 4.69) is 32.0 Å². The lowest BCUT2D eigenvalue weighted by molar-refractivity contribution is -0.389. The number of fused-ring (bicyclic) bond motifs is 1. The lowest BCUT2D eigenvalue weighted by atomic mass is 10.1. The second-order valence-electron chi connectivity index (χ2n) is 6.61. The number of rotatable bonds is 5. The van der Waals surface area contributed by atoms with E-state index in [-0.39, 0.29) is 5.82 Å². The molecule has 0 saturated carbocycles. The highest BCUT2D eigenvalue weighted by Crippen LogP contribution is 2.21. The molecule has 0 spiro atoms. The van der Waals surface area contributed by atoms with Gasteiger partial charge in [-0.3, -0.25) is 9.47 Å². The minimum Gasteiger partial charge on any atom is -0.467 e. The highest BCUT2D eigenvalue weighted by molar-refractivity contribution is 5.61. The standard InChI is InChI=1S/C19H20N6O4/c1-28-18-20-10-16(11-21-18)15-4-2-14(3-5-15)12-23-6-7-24-13-17(25(26)27)22-19(24)29-9-8-23/h2-5,10-11,13H,6-9,12H2,1H3. The summed E-state index contributed by atoms with van der Waals surface area (Å²) in [4.78, 5) is 24.8. The number of methoxy groups -OCH3 is 1. The SMILES string of the molecule is COc1ncc(-c2ccc(CN3CCOc4nc([N+](=O)[O-])cn4CC3)cc2)cn1. The molecule has 3 heterocycles. The maximum atomic E-state index is 10.9. The van der Waals surface area contributed by atoms with Gasteiger partial charge in [0.25, 0.3) is 0 Å². The fourth-order valence-electron chi connectivity index (χ4n) is 3.17. The van der Waals surface area contributed by atoms with Crippen LogP contribution >= 0.6 is 0 Å². The number of nitrogens with zero attached hydrogens (tertiary/aromatic N) is 6. The molecule has 1 aromatic carbocycles. The quantitative estimate of drug-likeness (QED) is 0.477. The fraction of sp³-hybridized carbons (Fsp3) is 0.316. The molecule has 1 aliphatic heterocycles. The Morgan fingerprint density at radius 3 is 2.59 bits per heavy atom. The summed E-state index contributed by atoms with van der Waals surface area (Å²) in [6.45, 7) is 3.23. The molecule has 0 saturated heterocycles. The van der Waals surface area contributed by atoms with Crippen molar-refractivity contribution in [3.8, 4) is 23.1 Å². The van der Waals surface area contributed by atoms with Gasteiger partial charge in [-0.25, -0.2) is 9.97 Å². The van der Waals surface area contributed by atoms with E-state index in [0.29, 0.717) is 31.7 Å². The van der Waals surface area contributed by atoms with Crippen molar-refractivity contribution in [1.82, 2.24) is 24.4 Å². The molecule has 0 N–H and O–H groups in total. The van der Waals surface area contributed by atoms with E-state index in [4.69, 9.17) is 9.47 Å². The number of aromatic nitrogens is 4. The van der Waals surface area contributed by atoms with Crippen LogP contribution in [0.3, 0.4) is 0 Å². The maximum Gasteiger partial charge on any atom is 0.414 e. The van der Waals surface area contributed by atoms with Crippen molar-refractivity contribution in [2.45, 2.75) is 13.1 Å². The minimum atomic E-state index is -0.506. The van der Waals surface area contributed by atoms with Gasteiger partial charge in [-0.15, -0.1) is 0 Å². The Hall–Kier alpha value is -3.53. The van der Waals surface area contributed by atoms with Crippen LogP contribution in [-0.4, -0.2) is 56.1 Å². The van der Waals surface area contributed by atoms with Gasteiger partial charge in [0.05, 0.1) is 7.11 Å². The molecule has 10 nitrogen and oxygen atoms in total. The number of hydrogen-bond donors (Lipinski definition) is 0. The van der Waals surface area contributed by atoms with Crippen molar-refractivity contribution in [3.63, 3.8) is 0 Å². The summed E-state index contributed by atoms with van der Waals surface area (Å²) < 4.78 is 12.3. The van der Waals surface area contributed by atoms with Crippen molar-refractivity contribution in [2.24, 2.45) is 0 Å². The largest absolute Gasteiger partial charge is 0.467 e. The molecule has 4 rings (SSSR count). The first-order valence-corrected chi connectivity index (χ1v) is 9.14. The molecule has 29 heavy (non-hydrogen) atoms. The number of imidazole rings is 1. The Kier molecular flexibility index (Phi) is 5.34. The molecule has 0 radical (unpaired) electrons. The van der Waals surface area contributed by atoms with Crippen LogP contribution in [0.1, 0.15) is 5.56 Å². The summed E-state index contributed by atoms with van der Waals surface area (Å²) in [5, 5.41) is 10.9. The van der Waals surface area contributed by atoms with Crippen molar-refractivity contribution in [2.75, 3.05) is 26.8 Å². The number of nitro groups is 1. The number of ether oxygens (including phenoxy) is 2. The van der Waals surface area contributed by atoms with Crippen LogP contribution in [0.2, 0.25) is 0 Å². The molecule has 2 aromatic heterocycles. The second-order valence-corrected chi connectivity index (χ2v) is 6.61. The van der Waals surface area contributed by atoms with Gasteiger partial charge in [-0.2, -0.15) is 0 Å². The summed E-state index contributed by atoms with van der Waals surface area (Å²) in [5.74, 6) is -0.188. The van der Waals surface area contributed by atoms with E-state index in [1.165, 1.54) is 18.9 Å². The monoisotopic (exact) mass is 396 g/mol. The van der Waals surface area contributed by atoms with Crippen molar-refractivity contribution >= 4 is 5.82 Å². The number of hydrogen-bond acceptors (Lipinski definition) is 8. The first kappa shape index (κ1) is 18.8. The summed E-state index contributed by atoms with van der Waals surface area (Å²) >= 11 is 0. The van der Waals surface area contributed by atoms with Gasteiger partial charge in [0.15, 0.2) is 0 Å². The Balaban J connectivity index is 1.40. The van der Waals surface area contributed by atoms with E-state index in [1.54, 1.807) is 17.0 Å². The zero-order chi connectivity index (χ0) is 20.2. The van der Waals surface area contributed by atoms with Crippen LogP contribution in [0.15, 0.2) is 42.9 Å². The van der Waals surface area contributed by atoms with Gasteiger partial charge in [0.2, 0.25) is 0 Å². The van der Waals surface area contributed by atoms with E-state index >= 15 is 0 Å². The third kappa shape index (κ3) is 4.32. The average Bonchev–Trinajstić information content (AvgIpc) is 3.13. The topological polar surface area (TPSA) is 108 Å². The molecular formula is C19H20N6O4. The Labute approximate surface area is 166 Å². The van der Waals surface area contributed by atoms with Crippen LogP contribution in [-0.2, 0) is 13.1 Å². The molecule has 10 heteroatoms. The molecular weight excluding hydrogens is 376 g/mol. The second kappa shape index (κ2) is 8.23. The first-order valence-electron chi connectivity index (χ1n) is 9.14. The fourth-order valence-corrected chi connectivity index (χ4v) is 3.17. The van der Waals surface area contributed by atoms with E-state index in [1.807, 2.05) is 12.1 Å². The molecule has 150 valence electrons. The third-order valence-corrected chi connectivity index (χ3v) is 4.71. The number of benzene rings is 1. The Morgan fingerprint density at radius 2 is 1.90 bits per heavy atom. The molecule has 0 bridgehead atoms. The van der Waals surface area contributed by atoms with Gasteiger partial charge >= 0.3 is 17.8 Å². The summed E-state index contributed by atoms with van der Waals surface area (Å²) in [7, 11) is 1.54. The van der Waals surface area contributed by atoms with Crippen LogP contribution < -0.4 is 9.47 Å². The lowest BCUT2D eigenvalue weighted by Crippen LogP contribution is -2.33. The molecule has 0 amide bonds. The van der Waals surface area contributed by atoms with Gasteiger partial charge in [-0.05, 0) is 16.1 Å². The molecule has 0 atom stereocenters. The van der Waals surface area contributed by atoms with Crippen LogP contribution in [0.25, 0.3) is 11.1 Å². The van der Waals surface area contributed by atoms with Gasteiger partial charge < -0.3 is 19.6 Å². The predicted octanol–water partition coefficient (Wildman–Crippen LogP) is 2.15. The van der Waals surface area contributed by atoms with Gasteiger partial charge in [0, 0.05) is 49.1 Å². The minimum absolute atomic E-state index is 0.188. The van der Waals surface area contributed by atoms with Gasteiger partial charge in [0.1, 0.15) is 12.8 Å². The van der Waals surface area contributed by atoms with E-state index in [9.17, 15) is 10.1 Å². The Bertz CT molecular complexity index is 987. The first-order chi connectivity index (χ1) is 14.1. The van der Waals surface area contributed by atoms with Crippen molar-refractivity contribution in [3.05, 3.63) is 58.5 Å². The summed E-state index contributed by atoms with van der Waals surface area (Å²) in [6.07, 6.45) is 4.89. The van der Waals surface area contributed by atoms with Crippen molar-refractivity contribution in [1.29, 1.82) is 0 Å². The summed E-state index contributed by atoms with van der Waals surface area (Å²) in [6, 6.07) is 8.88. The van der Waals surface area contributed by atoms with Crippen LogP contribution in [0.5, 0.6) is 12.0 Å². The normalized spacial score (nSPS) is 14.4. The van der Waals surface area contributed by atoms with Crippen LogP contribution in [0.4, 0.5) is 5.82 Å². The zero-order valence-electron chi connectivity index (χ0n) is 15.9. The van der Waals surface area contributed by atoms with E-state index < -0.39 is 4.92 Å². The predicted molar refractivity (Wildman–Crippen MR) is 104 cm³/mol. The average molecular weight is 396 g/mol. The maximum absolute atomic E-state index is 10.9. The molecule has 0 fully saturated rings. The lowest BCUT2D eigenvalue weighted by Gasteiger charge is -2.24.